The largest absolute Gasteiger partial charge is 0.326 e. The molecule has 5 heteroatoms. The maximum Gasteiger partial charge on any atom is 0.125 e. The molecular weight excluding hydrogens is 274 g/mol. The highest BCUT2D eigenvalue weighted by Crippen LogP contribution is 2.28. The molecule has 0 saturated heterocycles. The molecule has 2 N–H and O–H groups in total. The summed E-state index contributed by atoms with van der Waals surface area (Å²) in [7, 11) is 0. The van der Waals surface area contributed by atoms with Gasteiger partial charge < -0.3 is 5.73 Å². The summed E-state index contributed by atoms with van der Waals surface area (Å²) in [6.07, 6.45) is 3.57. The minimum absolute atomic E-state index is 0.547. The smallest absolute Gasteiger partial charge is 0.125 e. The van der Waals surface area contributed by atoms with Gasteiger partial charge in [0.2, 0.25) is 0 Å². The first kappa shape index (κ1) is 10.7. The Bertz CT molecular complexity index is 481. The van der Waals surface area contributed by atoms with Crippen molar-refractivity contribution in [3.63, 3.8) is 0 Å². The van der Waals surface area contributed by atoms with Crippen molar-refractivity contribution in [2.24, 2.45) is 5.73 Å². The summed E-state index contributed by atoms with van der Waals surface area (Å²) in [6, 6.07) is 2.01. The van der Waals surface area contributed by atoms with Crippen LogP contribution in [0.2, 0.25) is 0 Å². The number of aryl methyl sites for hydroxylation is 1. The molecule has 2 aromatic heterocycles. The Kier molecular flexibility index (Phi) is 3.14. The summed E-state index contributed by atoms with van der Waals surface area (Å²) in [5.74, 6) is 0. The Morgan fingerprint density at radius 1 is 1.47 bits per heavy atom. The van der Waals surface area contributed by atoms with E-state index in [0.717, 1.165) is 25.6 Å². The first-order chi connectivity index (χ1) is 7.20. The molecule has 0 aliphatic rings. The predicted octanol–water partition coefficient (Wildman–Crippen LogP) is 2.73. The monoisotopic (exact) mass is 283 g/mol. The fourth-order valence-corrected chi connectivity index (χ4v) is 2.56. The van der Waals surface area contributed by atoms with Gasteiger partial charge in [0.05, 0.1) is 5.69 Å². The number of aromatic nitrogens is 2. The van der Waals surface area contributed by atoms with E-state index in [4.69, 9.17) is 5.73 Å². The van der Waals surface area contributed by atoms with Crippen molar-refractivity contribution in [3.8, 4) is 10.6 Å². The van der Waals surface area contributed by atoms with Gasteiger partial charge in [0.25, 0.3) is 0 Å². The third-order valence-electron chi connectivity index (χ3n) is 2.03. The zero-order valence-corrected chi connectivity index (χ0v) is 10.6. The van der Waals surface area contributed by atoms with Gasteiger partial charge in [-0.1, -0.05) is 0 Å². The molecule has 2 rings (SSSR count). The number of halogens is 1. The molecule has 0 aliphatic heterocycles. The zero-order valence-electron chi connectivity index (χ0n) is 8.20. The molecule has 3 nitrogen and oxygen atoms in total. The van der Waals surface area contributed by atoms with Crippen LogP contribution in [0, 0.1) is 6.92 Å². The second-order valence-corrected chi connectivity index (χ2v) is 5.12. The van der Waals surface area contributed by atoms with Gasteiger partial charge in [-0.05, 0) is 28.9 Å². The SMILES string of the molecule is Cc1nc(-c2cncc(Br)c2)sc1CN. The third kappa shape index (κ3) is 2.25. The van der Waals surface area contributed by atoms with E-state index in [9.17, 15) is 0 Å². The minimum atomic E-state index is 0.547. The molecule has 2 aromatic rings. The van der Waals surface area contributed by atoms with E-state index in [-0.39, 0.29) is 0 Å². The quantitative estimate of drug-likeness (QED) is 0.922. The molecule has 0 aliphatic carbocycles. The maximum atomic E-state index is 5.62. The van der Waals surface area contributed by atoms with Crippen molar-refractivity contribution in [2.45, 2.75) is 13.5 Å². The van der Waals surface area contributed by atoms with Gasteiger partial charge in [-0.15, -0.1) is 11.3 Å². The minimum Gasteiger partial charge on any atom is -0.326 e. The van der Waals surface area contributed by atoms with Crippen LogP contribution >= 0.6 is 27.3 Å². The second kappa shape index (κ2) is 4.38. The number of pyridine rings is 1. The summed E-state index contributed by atoms with van der Waals surface area (Å²) in [6.45, 7) is 2.53. The maximum absolute atomic E-state index is 5.62. The van der Waals surface area contributed by atoms with Crippen molar-refractivity contribution in [3.05, 3.63) is 33.5 Å². The lowest BCUT2D eigenvalue weighted by molar-refractivity contribution is 1.06. The molecule has 0 radical (unpaired) electrons. The molecule has 0 bridgehead atoms. The lowest BCUT2D eigenvalue weighted by atomic mass is 10.3. The Hall–Kier alpha value is -0.780. The number of hydrogen-bond donors (Lipinski definition) is 1. The van der Waals surface area contributed by atoms with E-state index < -0.39 is 0 Å². The predicted molar refractivity (Wildman–Crippen MR) is 65.7 cm³/mol. The van der Waals surface area contributed by atoms with E-state index in [0.29, 0.717) is 6.54 Å². The van der Waals surface area contributed by atoms with Crippen LogP contribution in [0.3, 0.4) is 0 Å². The third-order valence-corrected chi connectivity index (χ3v) is 3.69. The van der Waals surface area contributed by atoms with E-state index >= 15 is 0 Å². The van der Waals surface area contributed by atoms with Crippen LogP contribution in [0.5, 0.6) is 0 Å². The van der Waals surface area contributed by atoms with Gasteiger partial charge in [0.15, 0.2) is 0 Å². The molecule has 0 saturated carbocycles. The fourth-order valence-electron chi connectivity index (χ4n) is 1.27. The van der Waals surface area contributed by atoms with Crippen LogP contribution in [0.4, 0.5) is 0 Å². The van der Waals surface area contributed by atoms with E-state index in [1.807, 2.05) is 19.2 Å². The van der Waals surface area contributed by atoms with Gasteiger partial charge >= 0.3 is 0 Å². The van der Waals surface area contributed by atoms with E-state index in [2.05, 4.69) is 25.9 Å². The molecule has 15 heavy (non-hydrogen) atoms. The van der Waals surface area contributed by atoms with Crippen LogP contribution in [0.15, 0.2) is 22.9 Å². The van der Waals surface area contributed by atoms with Crippen LogP contribution in [0.1, 0.15) is 10.6 Å². The Morgan fingerprint density at radius 2 is 2.27 bits per heavy atom. The number of rotatable bonds is 2. The molecule has 0 spiro atoms. The topological polar surface area (TPSA) is 51.8 Å². The summed E-state index contributed by atoms with van der Waals surface area (Å²) < 4.78 is 0.960. The lowest BCUT2D eigenvalue weighted by Gasteiger charge is -1.95. The number of thiazole rings is 1. The fraction of sp³-hybridized carbons (Fsp3) is 0.200. The highest BCUT2D eigenvalue weighted by Gasteiger charge is 2.08. The molecule has 0 fully saturated rings. The van der Waals surface area contributed by atoms with Crippen molar-refractivity contribution in [2.75, 3.05) is 0 Å². The van der Waals surface area contributed by atoms with Gasteiger partial charge in [-0.2, -0.15) is 0 Å². The van der Waals surface area contributed by atoms with Crippen molar-refractivity contribution < 1.29 is 0 Å². The van der Waals surface area contributed by atoms with Gasteiger partial charge in [-0.25, -0.2) is 4.98 Å². The highest BCUT2D eigenvalue weighted by atomic mass is 79.9. The average Bonchev–Trinajstić information content (AvgIpc) is 2.60. The summed E-state index contributed by atoms with van der Waals surface area (Å²) >= 11 is 5.02. The second-order valence-electron chi connectivity index (χ2n) is 3.12. The van der Waals surface area contributed by atoms with Crippen molar-refractivity contribution >= 4 is 27.3 Å². The van der Waals surface area contributed by atoms with Gasteiger partial charge in [0, 0.05) is 33.9 Å². The van der Waals surface area contributed by atoms with Crippen molar-refractivity contribution in [1.82, 2.24) is 9.97 Å². The molecule has 0 aromatic carbocycles. The highest BCUT2D eigenvalue weighted by molar-refractivity contribution is 9.10. The summed E-state index contributed by atoms with van der Waals surface area (Å²) in [5.41, 5.74) is 7.65. The van der Waals surface area contributed by atoms with Crippen LogP contribution < -0.4 is 5.73 Å². The van der Waals surface area contributed by atoms with Crippen LogP contribution in [-0.2, 0) is 6.54 Å². The summed E-state index contributed by atoms with van der Waals surface area (Å²) in [5, 5.41) is 0.974. The Balaban J connectivity index is 2.45. The molecule has 0 unspecified atom stereocenters. The lowest BCUT2D eigenvalue weighted by Crippen LogP contribution is -1.94. The summed E-state index contributed by atoms with van der Waals surface area (Å²) in [4.78, 5) is 9.71. The van der Waals surface area contributed by atoms with E-state index in [1.165, 1.54) is 0 Å². The van der Waals surface area contributed by atoms with E-state index in [1.54, 1.807) is 17.5 Å². The molecule has 0 amide bonds. The van der Waals surface area contributed by atoms with Gasteiger partial charge in [-0.3, -0.25) is 4.98 Å². The first-order valence-electron chi connectivity index (χ1n) is 4.48. The van der Waals surface area contributed by atoms with Crippen molar-refractivity contribution in [1.29, 1.82) is 0 Å². The zero-order chi connectivity index (χ0) is 10.8. The molecule has 0 atom stereocenters. The molecular formula is C10H10BrN3S. The molecule has 2 heterocycles. The number of hydrogen-bond acceptors (Lipinski definition) is 4. The Labute approximate surface area is 101 Å². The first-order valence-corrected chi connectivity index (χ1v) is 6.09. The Morgan fingerprint density at radius 3 is 2.87 bits per heavy atom. The van der Waals surface area contributed by atoms with Crippen LogP contribution in [-0.4, -0.2) is 9.97 Å². The normalized spacial score (nSPS) is 10.6. The number of nitrogens with two attached hydrogens (primary N) is 1. The average molecular weight is 284 g/mol. The van der Waals surface area contributed by atoms with Gasteiger partial charge in [0.1, 0.15) is 5.01 Å². The number of nitrogens with zero attached hydrogens (tertiary/aromatic N) is 2. The van der Waals surface area contributed by atoms with Crippen LogP contribution in [0.25, 0.3) is 10.6 Å². The molecule has 78 valence electrons. The standard InChI is InChI=1S/C10H10BrN3S/c1-6-9(3-12)15-10(14-6)7-2-8(11)5-13-4-7/h2,4-5H,3,12H2,1H3.